The first-order chi connectivity index (χ1) is 10.3. The molecular weight excluding hydrogens is 280 g/mol. The van der Waals surface area contributed by atoms with Gasteiger partial charge in [0.1, 0.15) is 11.9 Å². The van der Waals surface area contributed by atoms with Crippen LogP contribution in [0.5, 0.6) is 0 Å². The van der Waals surface area contributed by atoms with Gasteiger partial charge < -0.3 is 5.32 Å². The van der Waals surface area contributed by atoms with Crippen LogP contribution in [-0.2, 0) is 0 Å². The smallest absolute Gasteiger partial charge is 0.226 e. The molecule has 5 heteroatoms. The lowest BCUT2D eigenvalue weighted by Crippen LogP contribution is -2.19. The standard InChI is InChI=1S/C16H14N4S/c1-11-17-16-18-13(12-6-3-2-4-7-12)10-14(20(16)19-11)15-8-5-9-21-15/h2-10,14H,1H3,(H,17,18,19)/t14-/m0/s1. The van der Waals surface area contributed by atoms with Crippen molar-refractivity contribution in [2.45, 2.75) is 13.0 Å². The number of anilines is 1. The lowest BCUT2D eigenvalue weighted by atomic mass is 10.1. The third-order valence-corrected chi connectivity index (χ3v) is 4.43. The molecule has 1 N–H and O–H groups in total. The summed E-state index contributed by atoms with van der Waals surface area (Å²) in [5, 5.41) is 10.00. The number of benzene rings is 1. The summed E-state index contributed by atoms with van der Waals surface area (Å²) in [6.07, 6.45) is 2.21. The van der Waals surface area contributed by atoms with E-state index in [4.69, 9.17) is 0 Å². The van der Waals surface area contributed by atoms with Gasteiger partial charge in [-0.2, -0.15) is 10.1 Å². The SMILES string of the molecule is Cc1nc2n(n1)[C@H](c1cccs1)C=C(c1ccccc1)N2. The van der Waals surface area contributed by atoms with Crippen LogP contribution >= 0.6 is 11.3 Å². The Labute approximate surface area is 126 Å². The van der Waals surface area contributed by atoms with Crippen LogP contribution in [0.15, 0.2) is 53.9 Å². The van der Waals surface area contributed by atoms with Crippen molar-refractivity contribution in [1.29, 1.82) is 0 Å². The predicted octanol–water partition coefficient (Wildman–Crippen LogP) is 3.70. The molecular formula is C16H14N4S. The average Bonchev–Trinajstić information content (AvgIpc) is 3.15. The van der Waals surface area contributed by atoms with Crippen LogP contribution in [0, 0.1) is 6.92 Å². The van der Waals surface area contributed by atoms with E-state index >= 15 is 0 Å². The molecule has 3 aromatic rings. The monoisotopic (exact) mass is 294 g/mol. The number of aryl methyl sites for hydroxylation is 1. The van der Waals surface area contributed by atoms with Crippen molar-refractivity contribution in [3.05, 3.63) is 70.2 Å². The first-order valence-corrected chi connectivity index (χ1v) is 7.70. The largest absolute Gasteiger partial charge is 0.324 e. The fourth-order valence-electron chi connectivity index (χ4n) is 2.55. The molecule has 0 unspecified atom stereocenters. The first kappa shape index (κ1) is 12.3. The van der Waals surface area contributed by atoms with E-state index in [9.17, 15) is 0 Å². The van der Waals surface area contributed by atoms with Gasteiger partial charge in [0.15, 0.2) is 0 Å². The van der Waals surface area contributed by atoms with Gasteiger partial charge in [0.05, 0.1) is 0 Å². The van der Waals surface area contributed by atoms with Crippen molar-refractivity contribution in [2.24, 2.45) is 0 Å². The van der Waals surface area contributed by atoms with Gasteiger partial charge in [-0.15, -0.1) is 11.3 Å². The second-order valence-electron chi connectivity index (χ2n) is 4.96. The van der Waals surface area contributed by atoms with Gasteiger partial charge in [-0.1, -0.05) is 36.4 Å². The number of fused-ring (bicyclic) bond motifs is 1. The van der Waals surface area contributed by atoms with Gasteiger partial charge >= 0.3 is 0 Å². The number of allylic oxidation sites excluding steroid dienone is 1. The Hall–Kier alpha value is -2.40. The summed E-state index contributed by atoms with van der Waals surface area (Å²) >= 11 is 1.74. The van der Waals surface area contributed by atoms with Gasteiger partial charge in [0, 0.05) is 10.6 Å². The molecule has 3 heterocycles. The van der Waals surface area contributed by atoms with Crippen LogP contribution in [-0.4, -0.2) is 14.8 Å². The predicted molar refractivity (Wildman–Crippen MR) is 85.3 cm³/mol. The van der Waals surface area contributed by atoms with E-state index in [0.29, 0.717) is 0 Å². The molecule has 1 atom stereocenters. The highest BCUT2D eigenvalue weighted by molar-refractivity contribution is 7.10. The Bertz CT molecular complexity index is 787. The Balaban J connectivity index is 1.84. The van der Waals surface area contributed by atoms with Gasteiger partial charge in [-0.05, 0) is 30.0 Å². The Morgan fingerprint density at radius 2 is 2.00 bits per heavy atom. The number of thiophene rings is 1. The van der Waals surface area contributed by atoms with Gasteiger partial charge in [0.2, 0.25) is 5.95 Å². The highest BCUT2D eigenvalue weighted by Gasteiger charge is 2.24. The molecule has 0 saturated heterocycles. The van der Waals surface area contributed by atoms with Crippen LogP contribution in [0.1, 0.15) is 22.3 Å². The minimum absolute atomic E-state index is 0.0951. The molecule has 0 saturated carbocycles. The maximum atomic E-state index is 4.52. The fraction of sp³-hybridized carbons (Fsp3) is 0.125. The zero-order valence-electron chi connectivity index (χ0n) is 11.5. The van der Waals surface area contributed by atoms with E-state index in [0.717, 1.165) is 23.0 Å². The highest BCUT2D eigenvalue weighted by Crippen LogP contribution is 2.34. The maximum absolute atomic E-state index is 4.52. The lowest BCUT2D eigenvalue weighted by Gasteiger charge is -2.23. The van der Waals surface area contributed by atoms with E-state index in [1.807, 2.05) is 29.8 Å². The zero-order valence-corrected chi connectivity index (χ0v) is 12.3. The molecule has 104 valence electrons. The number of rotatable bonds is 2. The molecule has 0 aliphatic carbocycles. The number of hydrogen-bond donors (Lipinski definition) is 1. The minimum Gasteiger partial charge on any atom is -0.324 e. The minimum atomic E-state index is 0.0951. The van der Waals surface area contributed by atoms with Crippen LogP contribution in [0.3, 0.4) is 0 Å². The maximum Gasteiger partial charge on any atom is 0.226 e. The average molecular weight is 294 g/mol. The van der Waals surface area contributed by atoms with Crippen LogP contribution in [0.2, 0.25) is 0 Å². The molecule has 0 radical (unpaired) electrons. The summed E-state index contributed by atoms with van der Waals surface area (Å²) in [6, 6.07) is 14.6. The summed E-state index contributed by atoms with van der Waals surface area (Å²) in [6.45, 7) is 1.92. The number of hydrogen-bond acceptors (Lipinski definition) is 4. The molecule has 4 rings (SSSR count). The third-order valence-electron chi connectivity index (χ3n) is 3.49. The molecule has 21 heavy (non-hydrogen) atoms. The Kier molecular flexibility index (Phi) is 2.86. The molecule has 4 nitrogen and oxygen atoms in total. The van der Waals surface area contributed by atoms with Crippen molar-refractivity contribution in [3.8, 4) is 0 Å². The molecule has 0 fully saturated rings. The van der Waals surface area contributed by atoms with E-state index < -0.39 is 0 Å². The third kappa shape index (κ3) is 2.15. The molecule has 0 bridgehead atoms. The van der Waals surface area contributed by atoms with E-state index in [1.54, 1.807) is 11.3 Å². The van der Waals surface area contributed by atoms with Gasteiger partial charge in [0.25, 0.3) is 0 Å². The van der Waals surface area contributed by atoms with Crippen molar-refractivity contribution >= 4 is 23.0 Å². The molecule has 0 amide bonds. The van der Waals surface area contributed by atoms with Gasteiger partial charge in [-0.25, -0.2) is 4.68 Å². The van der Waals surface area contributed by atoms with Crippen molar-refractivity contribution in [2.75, 3.05) is 5.32 Å². The van der Waals surface area contributed by atoms with Crippen LogP contribution in [0.25, 0.3) is 5.70 Å². The van der Waals surface area contributed by atoms with Crippen LogP contribution < -0.4 is 5.32 Å². The summed E-state index contributed by atoms with van der Waals surface area (Å²) in [4.78, 5) is 5.75. The second-order valence-corrected chi connectivity index (χ2v) is 5.94. The molecule has 2 aromatic heterocycles. The van der Waals surface area contributed by atoms with Gasteiger partial charge in [-0.3, -0.25) is 0 Å². The second kappa shape index (κ2) is 4.86. The van der Waals surface area contributed by atoms with E-state index in [-0.39, 0.29) is 6.04 Å². The molecule has 1 aromatic carbocycles. The fourth-order valence-corrected chi connectivity index (χ4v) is 3.33. The topological polar surface area (TPSA) is 42.7 Å². The van der Waals surface area contributed by atoms with Crippen molar-refractivity contribution < 1.29 is 0 Å². The molecule has 0 spiro atoms. The van der Waals surface area contributed by atoms with E-state index in [1.165, 1.54) is 4.88 Å². The molecule has 1 aliphatic heterocycles. The normalized spacial score (nSPS) is 17.0. The quantitative estimate of drug-likeness (QED) is 0.783. The summed E-state index contributed by atoms with van der Waals surface area (Å²) in [7, 11) is 0. The van der Waals surface area contributed by atoms with E-state index in [2.05, 4.69) is 51.1 Å². The first-order valence-electron chi connectivity index (χ1n) is 6.82. The van der Waals surface area contributed by atoms with Crippen molar-refractivity contribution in [1.82, 2.24) is 14.8 Å². The number of nitrogens with zero attached hydrogens (tertiary/aromatic N) is 3. The lowest BCUT2D eigenvalue weighted by molar-refractivity contribution is 0.615. The summed E-state index contributed by atoms with van der Waals surface area (Å²) in [5.41, 5.74) is 2.24. The Morgan fingerprint density at radius 3 is 2.76 bits per heavy atom. The summed E-state index contributed by atoms with van der Waals surface area (Å²) < 4.78 is 1.95. The Morgan fingerprint density at radius 1 is 1.14 bits per heavy atom. The summed E-state index contributed by atoms with van der Waals surface area (Å²) in [5.74, 6) is 1.58. The van der Waals surface area contributed by atoms with Crippen LogP contribution in [0.4, 0.5) is 5.95 Å². The zero-order chi connectivity index (χ0) is 14.2. The number of aromatic nitrogens is 3. The van der Waals surface area contributed by atoms with Crippen molar-refractivity contribution in [3.63, 3.8) is 0 Å². The molecule has 1 aliphatic rings. The highest BCUT2D eigenvalue weighted by atomic mass is 32.1. The number of nitrogens with one attached hydrogen (secondary N) is 1.